The Labute approximate surface area is 144 Å². The zero-order valence-corrected chi connectivity index (χ0v) is 13.6. The van der Waals surface area contributed by atoms with E-state index in [4.69, 9.17) is 4.74 Å². The Balaban J connectivity index is 2.02. The maximum atomic E-state index is 13.2. The highest BCUT2D eigenvalue weighted by Crippen LogP contribution is 2.24. The van der Waals surface area contributed by atoms with Crippen molar-refractivity contribution in [2.75, 3.05) is 11.9 Å². The summed E-state index contributed by atoms with van der Waals surface area (Å²) in [4.78, 5) is 20.8. The molecule has 3 aromatic rings. The van der Waals surface area contributed by atoms with Crippen molar-refractivity contribution < 1.29 is 13.9 Å². The first kappa shape index (κ1) is 16.6. The van der Waals surface area contributed by atoms with Crippen LogP contribution in [0.3, 0.4) is 0 Å². The Kier molecular flexibility index (Phi) is 4.99. The van der Waals surface area contributed by atoms with Crippen LogP contribution < -0.4 is 5.32 Å². The molecule has 0 aliphatic heterocycles. The monoisotopic (exact) mass is 337 g/mol. The van der Waals surface area contributed by atoms with Gasteiger partial charge < -0.3 is 10.1 Å². The van der Waals surface area contributed by atoms with Crippen LogP contribution in [0.4, 0.5) is 16.0 Å². The van der Waals surface area contributed by atoms with E-state index in [-0.39, 0.29) is 18.0 Å². The lowest BCUT2D eigenvalue weighted by molar-refractivity contribution is 0.0526. The number of nitrogens with zero attached hydrogens (tertiary/aromatic N) is 2. The number of para-hydroxylation sites is 1. The summed E-state index contributed by atoms with van der Waals surface area (Å²) in [6, 6.07) is 15.2. The number of esters is 1. The van der Waals surface area contributed by atoms with Crippen LogP contribution in [0.15, 0.2) is 60.8 Å². The number of benzene rings is 2. The number of carbonyl (C=O) groups is 1. The van der Waals surface area contributed by atoms with E-state index in [1.165, 1.54) is 18.3 Å². The topological polar surface area (TPSA) is 64.1 Å². The van der Waals surface area contributed by atoms with Crippen molar-refractivity contribution in [1.29, 1.82) is 0 Å². The second-order valence-electron chi connectivity index (χ2n) is 5.17. The zero-order valence-electron chi connectivity index (χ0n) is 13.6. The number of nitrogens with one attached hydrogen (secondary N) is 1. The van der Waals surface area contributed by atoms with Crippen LogP contribution in [0.5, 0.6) is 0 Å². The molecule has 0 aliphatic carbocycles. The van der Waals surface area contributed by atoms with Gasteiger partial charge >= 0.3 is 5.97 Å². The molecular formula is C19H16FN3O2. The fourth-order valence-electron chi connectivity index (χ4n) is 2.28. The van der Waals surface area contributed by atoms with Crippen molar-refractivity contribution in [1.82, 2.24) is 9.97 Å². The maximum absolute atomic E-state index is 13.2. The number of rotatable bonds is 5. The highest BCUT2D eigenvalue weighted by Gasteiger charge is 2.17. The van der Waals surface area contributed by atoms with Gasteiger partial charge in [0, 0.05) is 17.4 Å². The van der Waals surface area contributed by atoms with Gasteiger partial charge in [-0.2, -0.15) is 0 Å². The van der Waals surface area contributed by atoms with E-state index in [1.54, 1.807) is 19.1 Å². The number of anilines is 2. The molecule has 25 heavy (non-hydrogen) atoms. The molecule has 0 saturated heterocycles. The number of ether oxygens (including phenoxy) is 1. The first-order chi connectivity index (χ1) is 12.2. The summed E-state index contributed by atoms with van der Waals surface area (Å²) in [5.41, 5.74) is 2.03. The lowest BCUT2D eigenvalue weighted by Crippen LogP contribution is -2.10. The SMILES string of the molecule is CCOC(=O)c1cnc(Nc2ccccc2)nc1-c1ccc(F)cc1. The largest absolute Gasteiger partial charge is 0.462 e. The van der Waals surface area contributed by atoms with E-state index in [2.05, 4.69) is 15.3 Å². The molecule has 2 aromatic carbocycles. The van der Waals surface area contributed by atoms with E-state index in [0.29, 0.717) is 17.2 Å². The van der Waals surface area contributed by atoms with Crippen LogP contribution in [0.25, 0.3) is 11.3 Å². The molecule has 3 rings (SSSR count). The maximum Gasteiger partial charge on any atom is 0.341 e. The summed E-state index contributed by atoms with van der Waals surface area (Å²) in [5.74, 6) is -0.551. The summed E-state index contributed by atoms with van der Waals surface area (Å²) in [7, 11) is 0. The predicted octanol–water partition coefficient (Wildman–Crippen LogP) is 4.20. The molecule has 0 aliphatic rings. The number of carbonyl (C=O) groups excluding carboxylic acids is 1. The lowest BCUT2D eigenvalue weighted by Gasteiger charge is -2.11. The smallest absolute Gasteiger partial charge is 0.341 e. The summed E-state index contributed by atoms with van der Waals surface area (Å²) in [6.45, 7) is 1.97. The van der Waals surface area contributed by atoms with E-state index < -0.39 is 5.97 Å². The van der Waals surface area contributed by atoms with E-state index >= 15 is 0 Å². The second-order valence-corrected chi connectivity index (χ2v) is 5.17. The first-order valence-electron chi connectivity index (χ1n) is 7.79. The number of hydrogen-bond acceptors (Lipinski definition) is 5. The number of hydrogen-bond donors (Lipinski definition) is 1. The van der Waals surface area contributed by atoms with Crippen LogP contribution in [-0.2, 0) is 4.74 Å². The Morgan fingerprint density at radius 2 is 1.84 bits per heavy atom. The van der Waals surface area contributed by atoms with Crippen LogP contribution in [0.1, 0.15) is 17.3 Å². The minimum absolute atomic E-state index is 0.229. The normalized spacial score (nSPS) is 10.3. The van der Waals surface area contributed by atoms with Crippen molar-refractivity contribution >= 4 is 17.6 Å². The Morgan fingerprint density at radius 3 is 2.52 bits per heavy atom. The molecule has 0 spiro atoms. The average molecular weight is 337 g/mol. The lowest BCUT2D eigenvalue weighted by atomic mass is 10.1. The first-order valence-corrected chi connectivity index (χ1v) is 7.79. The van der Waals surface area contributed by atoms with E-state index in [1.807, 2.05) is 30.3 Å². The molecule has 0 radical (unpaired) electrons. The van der Waals surface area contributed by atoms with Gasteiger partial charge in [-0.05, 0) is 43.3 Å². The van der Waals surface area contributed by atoms with Gasteiger partial charge in [0.15, 0.2) is 0 Å². The van der Waals surface area contributed by atoms with Gasteiger partial charge in [0.05, 0.1) is 12.3 Å². The number of halogens is 1. The summed E-state index contributed by atoms with van der Waals surface area (Å²) in [6.07, 6.45) is 1.41. The molecule has 1 aromatic heterocycles. The summed E-state index contributed by atoms with van der Waals surface area (Å²) in [5, 5.41) is 3.08. The van der Waals surface area contributed by atoms with Crippen LogP contribution >= 0.6 is 0 Å². The summed E-state index contributed by atoms with van der Waals surface area (Å²) < 4.78 is 18.3. The molecule has 6 heteroatoms. The third-order valence-corrected chi connectivity index (χ3v) is 3.43. The molecule has 1 heterocycles. The van der Waals surface area contributed by atoms with Crippen molar-refractivity contribution in [3.8, 4) is 11.3 Å². The molecule has 0 saturated carbocycles. The van der Waals surface area contributed by atoms with Crippen LogP contribution in [0, 0.1) is 5.82 Å². The minimum Gasteiger partial charge on any atom is -0.462 e. The molecule has 0 amide bonds. The van der Waals surface area contributed by atoms with Crippen molar-refractivity contribution in [3.63, 3.8) is 0 Å². The minimum atomic E-state index is -0.520. The molecule has 5 nitrogen and oxygen atoms in total. The zero-order chi connectivity index (χ0) is 17.6. The molecule has 126 valence electrons. The fourth-order valence-corrected chi connectivity index (χ4v) is 2.28. The molecule has 0 fully saturated rings. The second kappa shape index (κ2) is 7.53. The van der Waals surface area contributed by atoms with Gasteiger partial charge in [-0.3, -0.25) is 0 Å². The molecule has 0 unspecified atom stereocenters. The Morgan fingerprint density at radius 1 is 1.12 bits per heavy atom. The molecular weight excluding hydrogens is 321 g/mol. The van der Waals surface area contributed by atoms with Crippen LogP contribution in [0.2, 0.25) is 0 Å². The van der Waals surface area contributed by atoms with Gasteiger partial charge in [0.2, 0.25) is 5.95 Å². The van der Waals surface area contributed by atoms with Gasteiger partial charge in [-0.1, -0.05) is 18.2 Å². The van der Waals surface area contributed by atoms with Gasteiger partial charge in [0.25, 0.3) is 0 Å². The van der Waals surface area contributed by atoms with Crippen molar-refractivity contribution in [3.05, 3.63) is 72.2 Å². The molecule has 0 bridgehead atoms. The van der Waals surface area contributed by atoms with Crippen LogP contribution in [-0.4, -0.2) is 22.5 Å². The highest BCUT2D eigenvalue weighted by molar-refractivity contribution is 5.96. The Hall–Kier alpha value is -3.28. The quantitative estimate of drug-likeness (QED) is 0.707. The Bertz CT molecular complexity index is 868. The average Bonchev–Trinajstić information content (AvgIpc) is 2.63. The molecule has 1 N–H and O–H groups in total. The fraction of sp³-hybridized carbons (Fsp3) is 0.105. The predicted molar refractivity (Wildman–Crippen MR) is 93.1 cm³/mol. The van der Waals surface area contributed by atoms with Gasteiger partial charge in [-0.25, -0.2) is 19.2 Å². The highest BCUT2D eigenvalue weighted by atomic mass is 19.1. The van der Waals surface area contributed by atoms with Crippen molar-refractivity contribution in [2.45, 2.75) is 6.92 Å². The van der Waals surface area contributed by atoms with Crippen molar-refractivity contribution in [2.24, 2.45) is 0 Å². The third kappa shape index (κ3) is 3.98. The van der Waals surface area contributed by atoms with Gasteiger partial charge in [-0.15, -0.1) is 0 Å². The van der Waals surface area contributed by atoms with E-state index in [9.17, 15) is 9.18 Å². The third-order valence-electron chi connectivity index (χ3n) is 3.43. The molecule has 0 atom stereocenters. The summed E-state index contributed by atoms with van der Waals surface area (Å²) >= 11 is 0. The standard InChI is InChI=1S/C19H16FN3O2/c1-2-25-18(24)16-12-21-19(22-15-6-4-3-5-7-15)23-17(16)13-8-10-14(20)11-9-13/h3-12H,2H2,1H3,(H,21,22,23). The number of aromatic nitrogens is 2. The van der Waals surface area contributed by atoms with Gasteiger partial charge in [0.1, 0.15) is 11.4 Å². The van der Waals surface area contributed by atoms with E-state index in [0.717, 1.165) is 5.69 Å².